The molecule has 0 fully saturated rings. The molecule has 0 radical (unpaired) electrons. The number of hydrogen-bond acceptors (Lipinski definition) is 2. The molecule has 1 rings (SSSR count). The first-order valence-electron chi connectivity index (χ1n) is 8.45. The minimum absolute atomic E-state index is 0.180. The summed E-state index contributed by atoms with van der Waals surface area (Å²) >= 11 is 0. The second kappa shape index (κ2) is 8.84. The highest BCUT2D eigenvalue weighted by atomic mass is 16.4. The molecule has 0 amide bonds. The molecule has 0 unspecified atom stereocenters. The smallest absolute Gasteiger partial charge is 0.328 e. The summed E-state index contributed by atoms with van der Waals surface area (Å²) < 4.78 is 0. The van der Waals surface area contributed by atoms with Crippen LogP contribution >= 0.6 is 0 Å². The fourth-order valence-electron chi connectivity index (χ4n) is 3.10. The first kappa shape index (κ1) is 20.2. The van der Waals surface area contributed by atoms with E-state index in [2.05, 4.69) is 32.9 Å². The van der Waals surface area contributed by atoms with Crippen molar-refractivity contribution in [2.75, 3.05) is 6.61 Å². The largest absolute Gasteiger partial charge is 0.478 e. The van der Waals surface area contributed by atoms with Crippen molar-refractivity contribution >= 4 is 5.97 Å². The summed E-state index contributed by atoms with van der Waals surface area (Å²) in [6, 6.07) is 0. The van der Waals surface area contributed by atoms with Crippen LogP contribution in [0.3, 0.4) is 0 Å². The van der Waals surface area contributed by atoms with Gasteiger partial charge in [-0.1, -0.05) is 49.3 Å². The minimum Gasteiger partial charge on any atom is -0.478 e. The maximum absolute atomic E-state index is 10.7. The lowest BCUT2D eigenvalue weighted by Crippen LogP contribution is -2.19. The van der Waals surface area contributed by atoms with Crippen molar-refractivity contribution in [1.82, 2.24) is 0 Å². The summed E-state index contributed by atoms with van der Waals surface area (Å²) in [5.74, 6) is -1.01. The lowest BCUT2D eigenvalue weighted by molar-refractivity contribution is -0.131. The summed E-state index contributed by atoms with van der Waals surface area (Å²) in [5, 5.41) is 18.2. The summed E-state index contributed by atoms with van der Waals surface area (Å²) in [6.45, 7) is 10.3. The Morgan fingerprint density at radius 1 is 1.25 bits per heavy atom. The van der Waals surface area contributed by atoms with E-state index in [1.165, 1.54) is 30.4 Å². The van der Waals surface area contributed by atoms with Gasteiger partial charge in [0.05, 0.1) is 6.61 Å². The van der Waals surface area contributed by atoms with Gasteiger partial charge in [-0.25, -0.2) is 4.79 Å². The Morgan fingerprint density at radius 3 is 2.46 bits per heavy atom. The van der Waals surface area contributed by atoms with Gasteiger partial charge in [0.15, 0.2) is 0 Å². The van der Waals surface area contributed by atoms with Gasteiger partial charge >= 0.3 is 5.97 Å². The van der Waals surface area contributed by atoms with Crippen LogP contribution in [-0.2, 0) is 4.79 Å². The fraction of sp³-hybridized carbons (Fsp3) is 0.476. The number of hydrogen-bond donors (Lipinski definition) is 2. The summed E-state index contributed by atoms with van der Waals surface area (Å²) in [7, 11) is 0. The van der Waals surface area contributed by atoms with Crippen molar-refractivity contribution in [3.63, 3.8) is 0 Å². The highest BCUT2D eigenvalue weighted by Crippen LogP contribution is 2.40. The van der Waals surface area contributed by atoms with Crippen LogP contribution in [0.1, 0.15) is 53.9 Å². The Hall–Kier alpha value is -1.87. The third kappa shape index (κ3) is 5.97. The summed E-state index contributed by atoms with van der Waals surface area (Å²) in [6.07, 6.45) is 12.7. The van der Waals surface area contributed by atoms with Crippen molar-refractivity contribution in [1.29, 1.82) is 0 Å². The van der Waals surface area contributed by atoms with Crippen LogP contribution in [-0.4, -0.2) is 22.8 Å². The lowest BCUT2D eigenvalue weighted by Gasteiger charge is -2.32. The van der Waals surface area contributed by atoms with E-state index in [0.29, 0.717) is 11.1 Å². The number of aliphatic carboxylic acids is 1. The molecule has 132 valence electrons. The van der Waals surface area contributed by atoms with Crippen molar-refractivity contribution in [2.45, 2.75) is 53.9 Å². The van der Waals surface area contributed by atoms with Gasteiger partial charge in [0, 0.05) is 6.08 Å². The van der Waals surface area contributed by atoms with Crippen molar-refractivity contribution in [3.8, 4) is 0 Å². The van der Waals surface area contributed by atoms with Gasteiger partial charge in [0.2, 0.25) is 0 Å². The van der Waals surface area contributed by atoms with E-state index in [-0.39, 0.29) is 12.0 Å². The Labute approximate surface area is 145 Å². The number of rotatable bonds is 6. The number of aliphatic hydroxyl groups is 1. The highest BCUT2D eigenvalue weighted by molar-refractivity contribution is 5.81. The topological polar surface area (TPSA) is 57.5 Å². The monoisotopic (exact) mass is 330 g/mol. The van der Waals surface area contributed by atoms with Crippen LogP contribution in [0.15, 0.2) is 58.2 Å². The van der Waals surface area contributed by atoms with Crippen LogP contribution in [0, 0.1) is 5.41 Å². The number of allylic oxidation sites excluding steroid dienone is 7. The maximum atomic E-state index is 10.7. The molecule has 2 N–H and O–H groups in total. The fourth-order valence-corrected chi connectivity index (χ4v) is 3.10. The molecule has 1 aliphatic carbocycles. The third-order valence-electron chi connectivity index (χ3n) is 4.62. The lowest BCUT2D eigenvalue weighted by atomic mass is 9.72. The molecule has 0 heterocycles. The first-order chi connectivity index (χ1) is 11.2. The first-order valence-corrected chi connectivity index (χ1v) is 8.45. The van der Waals surface area contributed by atoms with Crippen molar-refractivity contribution in [2.24, 2.45) is 5.41 Å². The van der Waals surface area contributed by atoms with Gasteiger partial charge in [-0.05, 0) is 62.2 Å². The average molecular weight is 330 g/mol. The molecular weight excluding hydrogens is 300 g/mol. The van der Waals surface area contributed by atoms with E-state index in [9.17, 15) is 9.90 Å². The summed E-state index contributed by atoms with van der Waals surface area (Å²) in [5.41, 5.74) is 5.32. The van der Waals surface area contributed by atoms with Crippen molar-refractivity contribution < 1.29 is 15.0 Å². The zero-order chi connectivity index (χ0) is 18.3. The quantitative estimate of drug-likeness (QED) is 0.534. The number of aliphatic hydroxyl groups excluding tert-OH is 1. The maximum Gasteiger partial charge on any atom is 0.328 e. The van der Waals surface area contributed by atoms with Gasteiger partial charge in [-0.15, -0.1) is 0 Å². The summed E-state index contributed by atoms with van der Waals surface area (Å²) in [4.78, 5) is 10.7. The van der Waals surface area contributed by atoms with E-state index >= 15 is 0 Å². The van der Waals surface area contributed by atoms with Gasteiger partial charge < -0.3 is 10.2 Å². The van der Waals surface area contributed by atoms with Crippen molar-refractivity contribution in [3.05, 3.63) is 58.2 Å². The standard InChI is InChI=1S/C21H30O3/c1-15(8-10-18(14-22)17(3)13-20(23)24)9-11-19-16(2)7-6-12-21(19,4)5/h8-11,13,22H,6-7,12,14H2,1-5H3,(H,23,24)/b11-9+,15-8-,17-13-,18-10+. The van der Waals surface area contributed by atoms with E-state index in [0.717, 1.165) is 11.6 Å². The van der Waals surface area contributed by atoms with E-state index in [1.807, 2.05) is 13.0 Å². The predicted octanol–water partition coefficient (Wildman–Crippen LogP) is 4.97. The predicted molar refractivity (Wildman–Crippen MR) is 99.8 cm³/mol. The molecule has 0 saturated heterocycles. The van der Waals surface area contributed by atoms with Crippen LogP contribution in [0.5, 0.6) is 0 Å². The van der Waals surface area contributed by atoms with E-state index < -0.39 is 5.97 Å². The van der Waals surface area contributed by atoms with E-state index in [1.54, 1.807) is 13.0 Å². The molecule has 0 saturated carbocycles. The zero-order valence-electron chi connectivity index (χ0n) is 15.5. The highest BCUT2D eigenvalue weighted by Gasteiger charge is 2.26. The second-order valence-corrected chi connectivity index (χ2v) is 7.19. The Bertz CT molecular complexity index is 625. The molecule has 0 aromatic carbocycles. The molecule has 3 nitrogen and oxygen atoms in total. The number of carbonyl (C=O) groups is 1. The average Bonchev–Trinajstić information content (AvgIpc) is 2.45. The molecule has 0 spiro atoms. The molecule has 0 aliphatic heterocycles. The Morgan fingerprint density at radius 2 is 1.92 bits per heavy atom. The molecule has 3 heteroatoms. The van der Waals surface area contributed by atoms with Crippen LogP contribution in [0.25, 0.3) is 0 Å². The van der Waals surface area contributed by atoms with Gasteiger partial charge in [0.1, 0.15) is 0 Å². The molecule has 0 aromatic rings. The number of carboxylic acid groups (broad SMARTS) is 1. The third-order valence-corrected chi connectivity index (χ3v) is 4.62. The Kier molecular flexibility index (Phi) is 7.43. The SMILES string of the molecule is CC1=C(/C=C/C(C)=C\C=C(CO)\C(C)=C/C(=O)O)C(C)(C)CCC1. The van der Waals surface area contributed by atoms with Crippen LogP contribution in [0.4, 0.5) is 0 Å². The number of carboxylic acids is 1. The van der Waals surface area contributed by atoms with Gasteiger partial charge in [0.25, 0.3) is 0 Å². The molecule has 0 bridgehead atoms. The second-order valence-electron chi connectivity index (χ2n) is 7.19. The molecular formula is C21H30O3. The molecule has 24 heavy (non-hydrogen) atoms. The van der Waals surface area contributed by atoms with E-state index in [4.69, 9.17) is 5.11 Å². The van der Waals surface area contributed by atoms with Crippen LogP contribution < -0.4 is 0 Å². The zero-order valence-corrected chi connectivity index (χ0v) is 15.5. The normalized spacial score (nSPS) is 20.0. The van der Waals surface area contributed by atoms with Crippen LogP contribution in [0.2, 0.25) is 0 Å². The Balaban J connectivity index is 2.97. The molecule has 0 atom stereocenters. The van der Waals surface area contributed by atoms with Gasteiger partial charge in [-0.3, -0.25) is 0 Å². The minimum atomic E-state index is -1.01. The molecule has 1 aliphatic rings. The molecule has 0 aromatic heterocycles. The van der Waals surface area contributed by atoms with Gasteiger partial charge in [-0.2, -0.15) is 0 Å².